The molecule has 3 nitrogen and oxygen atoms in total. The van der Waals surface area contributed by atoms with E-state index in [1.807, 2.05) is 0 Å². The molecule has 1 amide bonds. The highest BCUT2D eigenvalue weighted by Gasteiger charge is 2.24. The Kier molecular flexibility index (Phi) is 6.49. The molecule has 0 aromatic carbocycles. The number of halogens is 1. The molecular weight excluding hydrogens is 280 g/mol. The maximum absolute atomic E-state index is 11.8. The number of amides is 1. The van der Waals surface area contributed by atoms with E-state index < -0.39 is 0 Å². The van der Waals surface area contributed by atoms with E-state index in [0.29, 0.717) is 11.8 Å². The first kappa shape index (κ1) is 15.0. The van der Waals surface area contributed by atoms with Crippen LogP contribution in [0.3, 0.4) is 0 Å². The topological polar surface area (TPSA) is 32.3 Å². The van der Waals surface area contributed by atoms with Gasteiger partial charge < -0.3 is 10.2 Å². The summed E-state index contributed by atoms with van der Waals surface area (Å²) in [6.45, 7) is 10.7. The van der Waals surface area contributed by atoms with E-state index in [0.717, 1.165) is 13.1 Å². The largest absolute Gasteiger partial charge is 0.355 e. The number of hydrogen-bond acceptors (Lipinski definition) is 2. The van der Waals surface area contributed by atoms with Crippen LogP contribution in [0.1, 0.15) is 33.6 Å². The molecule has 0 bridgehead atoms. The van der Waals surface area contributed by atoms with E-state index in [1.165, 1.54) is 25.9 Å². The second-order valence-electron chi connectivity index (χ2n) is 5.35. The highest BCUT2D eigenvalue weighted by atomic mass is 79.9. The lowest BCUT2D eigenvalue weighted by Gasteiger charge is -2.17. The fourth-order valence-electron chi connectivity index (χ4n) is 2.24. The van der Waals surface area contributed by atoms with Crippen LogP contribution < -0.4 is 5.32 Å². The Morgan fingerprint density at radius 2 is 2.24 bits per heavy atom. The molecule has 2 unspecified atom stereocenters. The Morgan fingerprint density at radius 1 is 1.53 bits per heavy atom. The first-order valence-electron chi connectivity index (χ1n) is 6.68. The van der Waals surface area contributed by atoms with Gasteiger partial charge in [-0.15, -0.1) is 0 Å². The molecular formula is C13H25BrN2O. The zero-order valence-electron chi connectivity index (χ0n) is 11.2. The molecule has 1 aliphatic rings. The first-order chi connectivity index (χ1) is 8.04. The number of rotatable bonds is 6. The van der Waals surface area contributed by atoms with E-state index in [4.69, 9.17) is 0 Å². The summed E-state index contributed by atoms with van der Waals surface area (Å²) in [5.41, 5.74) is 0. The molecule has 100 valence electrons. The van der Waals surface area contributed by atoms with Crippen LogP contribution in [0.25, 0.3) is 0 Å². The van der Waals surface area contributed by atoms with E-state index in [2.05, 4.69) is 46.9 Å². The molecule has 4 heteroatoms. The van der Waals surface area contributed by atoms with Gasteiger partial charge in [-0.05, 0) is 37.8 Å². The Labute approximate surface area is 113 Å². The van der Waals surface area contributed by atoms with Crippen LogP contribution in [0.15, 0.2) is 0 Å². The predicted molar refractivity (Wildman–Crippen MR) is 75.4 cm³/mol. The standard InChI is InChI=1S/C13H25BrN2O/c1-4-6-16-7-5-11(9-16)8-15-13(17)12(14)10(2)3/h10-12H,4-9H2,1-3H3,(H,15,17). The minimum atomic E-state index is -0.0596. The van der Waals surface area contributed by atoms with Crippen molar-refractivity contribution in [1.29, 1.82) is 0 Å². The van der Waals surface area contributed by atoms with Crippen molar-refractivity contribution in [3.05, 3.63) is 0 Å². The van der Waals surface area contributed by atoms with Crippen molar-refractivity contribution < 1.29 is 4.79 Å². The van der Waals surface area contributed by atoms with Crippen molar-refractivity contribution in [3.63, 3.8) is 0 Å². The lowest BCUT2D eigenvalue weighted by molar-refractivity contribution is -0.121. The number of likely N-dealkylation sites (tertiary alicyclic amines) is 1. The molecule has 1 saturated heterocycles. The molecule has 0 spiro atoms. The predicted octanol–water partition coefficient (Wildman–Crippen LogP) is 2.25. The second-order valence-corrected chi connectivity index (χ2v) is 6.33. The lowest BCUT2D eigenvalue weighted by Crippen LogP contribution is -2.37. The third-order valence-electron chi connectivity index (χ3n) is 3.31. The minimum absolute atomic E-state index is 0.0596. The van der Waals surface area contributed by atoms with E-state index in [-0.39, 0.29) is 10.7 Å². The van der Waals surface area contributed by atoms with Gasteiger partial charge in [-0.1, -0.05) is 36.7 Å². The van der Waals surface area contributed by atoms with Crippen LogP contribution in [0, 0.1) is 11.8 Å². The number of alkyl halides is 1. The zero-order valence-corrected chi connectivity index (χ0v) is 12.8. The Bertz CT molecular complexity index is 246. The first-order valence-corrected chi connectivity index (χ1v) is 7.60. The molecule has 0 saturated carbocycles. The van der Waals surface area contributed by atoms with Crippen molar-refractivity contribution >= 4 is 21.8 Å². The summed E-state index contributed by atoms with van der Waals surface area (Å²) in [7, 11) is 0. The Balaban J connectivity index is 2.21. The number of carbonyl (C=O) groups excluding carboxylic acids is 1. The van der Waals surface area contributed by atoms with E-state index in [9.17, 15) is 4.79 Å². The molecule has 1 fully saturated rings. The van der Waals surface area contributed by atoms with Gasteiger partial charge in [0.1, 0.15) is 0 Å². The third kappa shape index (κ3) is 4.96. The quantitative estimate of drug-likeness (QED) is 0.764. The van der Waals surface area contributed by atoms with Crippen LogP contribution in [0.5, 0.6) is 0 Å². The van der Waals surface area contributed by atoms with Crippen molar-refractivity contribution in [1.82, 2.24) is 10.2 Å². The van der Waals surface area contributed by atoms with Crippen LogP contribution >= 0.6 is 15.9 Å². The second kappa shape index (κ2) is 7.37. The van der Waals surface area contributed by atoms with Gasteiger partial charge in [0.05, 0.1) is 4.83 Å². The third-order valence-corrected chi connectivity index (χ3v) is 4.78. The summed E-state index contributed by atoms with van der Waals surface area (Å²) >= 11 is 3.43. The fraction of sp³-hybridized carbons (Fsp3) is 0.923. The highest BCUT2D eigenvalue weighted by Crippen LogP contribution is 2.16. The van der Waals surface area contributed by atoms with Gasteiger partial charge in [-0.2, -0.15) is 0 Å². The average molecular weight is 305 g/mol. The van der Waals surface area contributed by atoms with Crippen LogP contribution in [0.4, 0.5) is 0 Å². The van der Waals surface area contributed by atoms with Crippen molar-refractivity contribution in [2.45, 2.75) is 38.4 Å². The molecule has 1 rings (SSSR count). The summed E-state index contributed by atoms with van der Waals surface area (Å²) in [6, 6.07) is 0. The molecule has 1 aliphatic heterocycles. The van der Waals surface area contributed by atoms with Gasteiger partial charge >= 0.3 is 0 Å². The Morgan fingerprint density at radius 3 is 2.82 bits per heavy atom. The lowest BCUT2D eigenvalue weighted by atomic mass is 10.1. The van der Waals surface area contributed by atoms with Crippen LogP contribution in [0.2, 0.25) is 0 Å². The van der Waals surface area contributed by atoms with Gasteiger partial charge in [-0.25, -0.2) is 0 Å². The van der Waals surface area contributed by atoms with Crippen LogP contribution in [-0.4, -0.2) is 41.8 Å². The van der Waals surface area contributed by atoms with Crippen molar-refractivity contribution in [2.24, 2.45) is 11.8 Å². The number of carbonyl (C=O) groups is 1. The minimum Gasteiger partial charge on any atom is -0.355 e. The summed E-state index contributed by atoms with van der Waals surface area (Å²) in [5, 5.41) is 3.06. The number of hydrogen-bond donors (Lipinski definition) is 1. The molecule has 0 aliphatic carbocycles. The number of nitrogens with one attached hydrogen (secondary N) is 1. The maximum atomic E-state index is 11.8. The Hall–Kier alpha value is -0.0900. The number of nitrogens with zero attached hydrogens (tertiary/aromatic N) is 1. The van der Waals surface area contributed by atoms with Crippen LogP contribution in [-0.2, 0) is 4.79 Å². The molecule has 0 aromatic heterocycles. The molecule has 0 aromatic rings. The SMILES string of the molecule is CCCN1CCC(CNC(=O)C(Br)C(C)C)C1. The van der Waals surface area contributed by atoms with E-state index in [1.54, 1.807) is 0 Å². The summed E-state index contributed by atoms with van der Waals surface area (Å²) in [5.74, 6) is 1.11. The normalized spacial score (nSPS) is 23.0. The highest BCUT2D eigenvalue weighted by molar-refractivity contribution is 9.10. The summed E-state index contributed by atoms with van der Waals surface area (Å²) in [4.78, 5) is 14.2. The zero-order chi connectivity index (χ0) is 12.8. The summed E-state index contributed by atoms with van der Waals surface area (Å²) in [6.07, 6.45) is 2.44. The maximum Gasteiger partial charge on any atom is 0.234 e. The van der Waals surface area contributed by atoms with Gasteiger partial charge in [0.25, 0.3) is 0 Å². The smallest absolute Gasteiger partial charge is 0.234 e. The van der Waals surface area contributed by atoms with Crippen molar-refractivity contribution in [3.8, 4) is 0 Å². The van der Waals surface area contributed by atoms with Gasteiger partial charge in [-0.3, -0.25) is 4.79 Å². The van der Waals surface area contributed by atoms with Crippen molar-refractivity contribution in [2.75, 3.05) is 26.2 Å². The monoisotopic (exact) mass is 304 g/mol. The molecule has 1 heterocycles. The molecule has 2 atom stereocenters. The van der Waals surface area contributed by atoms with Gasteiger partial charge in [0.2, 0.25) is 5.91 Å². The molecule has 17 heavy (non-hydrogen) atoms. The molecule has 1 N–H and O–H groups in total. The van der Waals surface area contributed by atoms with Gasteiger partial charge in [0, 0.05) is 13.1 Å². The fourth-order valence-corrected chi connectivity index (χ4v) is 2.41. The van der Waals surface area contributed by atoms with E-state index >= 15 is 0 Å². The average Bonchev–Trinajstić information content (AvgIpc) is 2.73. The van der Waals surface area contributed by atoms with Gasteiger partial charge in [0.15, 0.2) is 0 Å². The summed E-state index contributed by atoms with van der Waals surface area (Å²) < 4.78 is 0. The molecule has 0 radical (unpaired) electrons.